The van der Waals surface area contributed by atoms with Gasteiger partial charge in [-0.2, -0.15) is 4.98 Å². The zero-order valence-electron chi connectivity index (χ0n) is 8.65. The molecule has 84 valence electrons. The van der Waals surface area contributed by atoms with Crippen molar-refractivity contribution in [3.05, 3.63) is 11.2 Å². The van der Waals surface area contributed by atoms with E-state index in [1.165, 1.54) is 0 Å². The summed E-state index contributed by atoms with van der Waals surface area (Å²) in [6.07, 6.45) is 0.960. The zero-order valence-corrected chi connectivity index (χ0v) is 9.41. The Morgan fingerprint density at radius 3 is 2.73 bits per heavy atom. The maximum Gasteiger partial charge on any atom is 0.223 e. The lowest BCUT2D eigenvalue weighted by Gasteiger charge is -2.22. The van der Waals surface area contributed by atoms with Crippen molar-refractivity contribution in [2.45, 2.75) is 13.3 Å². The third-order valence-corrected chi connectivity index (χ3v) is 2.08. The van der Waals surface area contributed by atoms with E-state index < -0.39 is 0 Å². The quantitative estimate of drug-likeness (QED) is 0.736. The summed E-state index contributed by atoms with van der Waals surface area (Å²) in [6, 6.07) is 1.64. The fraction of sp³-hybridized carbons (Fsp3) is 0.556. The van der Waals surface area contributed by atoms with Gasteiger partial charge >= 0.3 is 0 Å². The Labute approximate surface area is 93.9 Å². The van der Waals surface area contributed by atoms with Gasteiger partial charge in [0.2, 0.25) is 5.95 Å². The molecule has 0 saturated heterocycles. The van der Waals surface area contributed by atoms with Crippen molar-refractivity contribution in [3.8, 4) is 0 Å². The maximum absolute atomic E-state index is 8.91. The Balaban J connectivity index is 2.88. The van der Waals surface area contributed by atoms with E-state index >= 15 is 0 Å². The van der Waals surface area contributed by atoms with Crippen molar-refractivity contribution in [2.75, 3.05) is 30.3 Å². The summed E-state index contributed by atoms with van der Waals surface area (Å²) in [5, 5.41) is 9.23. The van der Waals surface area contributed by atoms with E-state index in [1.54, 1.807) is 6.07 Å². The molecule has 1 aromatic heterocycles. The summed E-state index contributed by atoms with van der Waals surface area (Å²) in [6.45, 7) is 3.44. The largest absolute Gasteiger partial charge is 0.395 e. The van der Waals surface area contributed by atoms with Crippen LogP contribution in [-0.2, 0) is 0 Å². The van der Waals surface area contributed by atoms with E-state index in [2.05, 4.69) is 16.9 Å². The molecule has 0 atom stereocenters. The minimum Gasteiger partial charge on any atom is -0.395 e. The van der Waals surface area contributed by atoms with E-state index in [-0.39, 0.29) is 12.6 Å². The Morgan fingerprint density at radius 2 is 2.20 bits per heavy atom. The maximum atomic E-state index is 8.91. The van der Waals surface area contributed by atoms with E-state index in [9.17, 15) is 0 Å². The van der Waals surface area contributed by atoms with E-state index in [1.807, 2.05) is 4.90 Å². The number of halogens is 1. The topological polar surface area (TPSA) is 75.3 Å². The SMILES string of the molecule is CCCN(CCO)c1cc(Cl)nc(N)n1. The number of nitrogens with zero attached hydrogens (tertiary/aromatic N) is 3. The highest BCUT2D eigenvalue weighted by Gasteiger charge is 2.08. The smallest absolute Gasteiger partial charge is 0.223 e. The molecule has 0 bridgehead atoms. The third-order valence-electron chi connectivity index (χ3n) is 1.89. The number of nitrogens with two attached hydrogens (primary N) is 1. The van der Waals surface area contributed by atoms with Crippen LogP contribution in [0.25, 0.3) is 0 Å². The number of aliphatic hydroxyl groups excluding tert-OH is 1. The van der Waals surface area contributed by atoms with Gasteiger partial charge < -0.3 is 15.7 Å². The molecule has 0 aromatic carbocycles. The van der Waals surface area contributed by atoms with Crippen molar-refractivity contribution in [2.24, 2.45) is 0 Å². The van der Waals surface area contributed by atoms with Crippen LogP contribution in [0.5, 0.6) is 0 Å². The first kappa shape index (κ1) is 12.0. The normalized spacial score (nSPS) is 10.3. The average molecular weight is 231 g/mol. The lowest BCUT2D eigenvalue weighted by Crippen LogP contribution is -2.28. The lowest BCUT2D eigenvalue weighted by atomic mass is 10.4. The molecule has 1 heterocycles. The molecule has 0 aliphatic carbocycles. The second-order valence-corrected chi connectivity index (χ2v) is 3.50. The van der Waals surface area contributed by atoms with Crippen LogP contribution in [0.15, 0.2) is 6.07 Å². The number of hydrogen-bond donors (Lipinski definition) is 2. The van der Waals surface area contributed by atoms with Gasteiger partial charge in [-0.3, -0.25) is 0 Å². The summed E-state index contributed by atoms with van der Waals surface area (Å²) in [5.74, 6) is 0.806. The van der Waals surface area contributed by atoms with Gasteiger partial charge in [0.25, 0.3) is 0 Å². The van der Waals surface area contributed by atoms with Gasteiger partial charge in [0.15, 0.2) is 0 Å². The minimum absolute atomic E-state index is 0.0710. The molecular weight excluding hydrogens is 216 g/mol. The van der Waals surface area contributed by atoms with Crippen molar-refractivity contribution in [1.82, 2.24) is 9.97 Å². The van der Waals surface area contributed by atoms with Crippen molar-refractivity contribution < 1.29 is 5.11 Å². The van der Waals surface area contributed by atoms with Crippen LogP contribution in [0.4, 0.5) is 11.8 Å². The molecule has 0 saturated carbocycles. The molecule has 1 aromatic rings. The molecule has 1 rings (SSSR count). The first-order chi connectivity index (χ1) is 7.17. The van der Waals surface area contributed by atoms with Crippen LogP contribution in [0, 0.1) is 0 Å². The summed E-state index contributed by atoms with van der Waals surface area (Å²) in [4.78, 5) is 9.77. The van der Waals surface area contributed by atoms with Crippen molar-refractivity contribution >= 4 is 23.4 Å². The number of aromatic nitrogens is 2. The van der Waals surface area contributed by atoms with Gasteiger partial charge in [-0.05, 0) is 6.42 Å². The highest BCUT2D eigenvalue weighted by Crippen LogP contribution is 2.16. The molecule has 0 radical (unpaired) electrons. The van der Waals surface area contributed by atoms with Gasteiger partial charge in [0, 0.05) is 19.2 Å². The second kappa shape index (κ2) is 5.72. The monoisotopic (exact) mass is 230 g/mol. The minimum atomic E-state index is 0.0710. The predicted octanol–water partition coefficient (Wildman–Crippen LogP) is 0.921. The summed E-state index contributed by atoms with van der Waals surface area (Å²) in [7, 11) is 0. The van der Waals surface area contributed by atoms with E-state index in [0.29, 0.717) is 17.5 Å². The molecule has 0 amide bonds. The standard InChI is InChI=1S/C9H15ClN4O/c1-2-3-14(4-5-15)8-6-7(10)12-9(11)13-8/h6,15H,2-5H2,1H3,(H2,11,12,13). The first-order valence-electron chi connectivity index (χ1n) is 4.83. The summed E-state index contributed by atoms with van der Waals surface area (Å²) in [5.41, 5.74) is 5.49. The second-order valence-electron chi connectivity index (χ2n) is 3.12. The average Bonchev–Trinajstić information content (AvgIpc) is 2.16. The molecule has 3 N–H and O–H groups in total. The fourth-order valence-electron chi connectivity index (χ4n) is 1.32. The lowest BCUT2D eigenvalue weighted by molar-refractivity contribution is 0.301. The number of rotatable bonds is 5. The molecule has 0 unspecified atom stereocenters. The van der Waals surface area contributed by atoms with Crippen LogP contribution in [0.1, 0.15) is 13.3 Å². The Bertz CT molecular complexity index is 295. The Kier molecular flexibility index (Phi) is 4.58. The molecule has 0 spiro atoms. The highest BCUT2D eigenvalue weighted by molar-refractivity contribution is 6.29. The first-order valence-corrected chi connectivity index (χ1v) is 5.21. The van der Waals surface area contributed by atoms with Crippen LogP contribution >= 0.6 is 11.6 Å². The van der Waals surface area contributed by atoms with E-state index in [0.717, 1.165) is 13.0 Å². The van der Waals surface area contributed by atoms with Gasteiger partial charge in [-0.15, -0.1) is 0 Å². The summed E-state index contributed by atoms with van der Waals surface area (Å²) >= 11 is 5.77. The number of nitrogen functional groups attached to an aromatic ring is 1. The number of hydrogen-bond acceptors (Lipinski definition) is 5. The molecule has 0 fully saturated rings. The van der Waals surface area contributed by atoms with Crippen LogP contribution < -0.4 is 10.6 Å². The Morgan fingerprint density at radius 1 is 1.47 bits per heavy atom. The zero-order chi connectivity index (χ0) is 11.3. The van der Waals surface area contributed by atoms with E-state index in [4.69, 9.17) is 22.4 Å². The van der Waals surface area contributed by atoms with Crippen LogP contribution in [0.2, 0.25) is 5.15 Å². The molecular formula is C9H15ClN4O. The number of aliphatic hydroxyl groups is 1. The van der Waals surface area contributed by atoms with Crippen molar-refractivity contribution in [1.29, 1.82) is 0 Å². The van der Waals surface area contributed by atoms with Gasteiger partial charge in [-0.1, -0.05) is 18.5 Å². The number of anilines is 2. The molecule has 0 aliphatic rings. The van der Waals surface area contributed by atoms with Crippen molar-refractivity contribution in [3.63, 3.8) is 0 Å². The van der Waals surface area contributed by atoms with Gasteiger partial charge in [-0.25, -0.2) is 4.98 Å². The molecule has 0 aliphatic heterocycles. The third kappa shape index (κ3) is 3.53. The Hall–Kier alpha value is -1.07. The van der Waals surface area contributed by atoms with Gasteiger partial charge in [0.1, 0.15) is 11.0 Å². The predicted molar refractivity (Wildman–Crippen MR) is 61.0 cm³/mol. The fourth-order valence-corrected chi connectivity index (χ4v) is 1.50. The highest BCUT2D eigenvalue weighted by atomic mass is 35.5. The molecule has 15 heavy (non-hydrogen) atoms. The molecule has 5 nitrogen and oxygen atoms in total. The van der Waals surface area contributed by atoms with Crippen LogP contribution in [0.3, 0.4) is 0 Å². The van der Waals surface area contributed by atoms with Gasteiger partial charge in [0.05, 0.1) is 6.61 Å². The molecule has 6 heteroatoms. The van der Waals surface area contributed by atoms with Crippen LogP contribution in [-0.4, -0.2) is 34.8 Å². The summed E-state index contributed by atoms with van der Waals surface area (Å²) < 4.78 is 0.